The van der Waals surface area contributed by atoms with Gasteiger partial charge in [-0.1, -0.05) is 30.0 Å². The van der Waals surface area contributed by atoms with E-state index in [0.717, 1.165) is 0 Å². The molecule has 2 aromatic carbocycles. The number of aliphatic imine (C=N–C) groups is 1. The number of sulfone groups is 1. The fourth-order valence-corrected chi connectivity index (χ4v) is 7.33. The van der Waals surface area contributed by atoms with E-state index in [-0.39, 0.29) is 22.8 Å². The van der Waals surface area contributed by atoms with Crippen LogP contribution in [-0.2, 0) is 14.6 Å². The van der Waals surface area contributed by atoms with Gasteiger partial charge in [0, 0.05) is 10.9 Å². The summed E-state index contributed by atoms with van der Waals surface area (Å²) in [5, 5.41) is 0.192. The quantitative estimate of drug-likeness (QED) is 0.737. The Morgan fingerprint density at radius 1 is 1.17 bits per heavy atom. The maximum atomic E-state index is 13.4. The predicted octanol–water partition coefficient (Wildman–Crippen LogP) is 2.89. The molecule has 152 valence electrons. The Balaban J connectivity index is 1.60. The number of carbonyl (C=O) groups excluding carboxylic acids is 1. The number of amidine groups is 1. The van der Waals surface area contributed by atoms with E-state index in [1.165, 1.54) is 23.9 Å². The summed E-state index contributed by atoms with van der Waals surface area (Å²) >= 11 is 1.27. The van der Waals surface area contributed by atoms with Crippen molar-refractivity contribution < 1.29 is 22.3 Å². The van der Waals surface area contributed by atoms with Crippen molar-refractivity contribution in [3.63, 3.8) is 0 Å². The zero-order valence-electron chi connectivity index (χ0n) is 15.6. The molecule has 2 heterocycles. The van der Waals surface area contributed by atoms with Gasteiger partial charge in [0.15, 0.2) is 21.1 Å². The average molecular weight is 435 g/mol. The summed E-state index contributed by atoms with van der Waals surface area (Å²) in [6, 6.07) is 14.4. The molecule has 2 saturated heterocycles. The van der Waals surface area contributed by atoms with Gasteiger partial charge in [0.05, 0.1) is 17.5 Å². The first-order chi connectivity index (χ1) is 13.8. The molecule has 0 unspecified atom stereocenters. The van der Waals surface area contributed by atoms with Crippen LogP contribution >= 0.6 is 11.8 Å². The van der Waals surface area contributed by atoms with Crippen LogP contribution in [0.15, 0.2) is 59.6 Å². The van der Waals surface area contributed by atoms with Crippen LogP contribution in [0, 0.1) is 5.82 Å². The molecule has 0 aromatic heterocycles. The van der Waals surface area contributed by atoms with Gasteiger partial charge in [-0.25, -0.2) is 12.8 Å². The standard InChI is InChI=1S/C20H19FN2O4S2/c1-13(27-16-5-3-2-4-6-16)19(24)22-20-23(15-9-7-14(21)8-10-15)17-11-29(25,26)12-18(17)28-20/h2-10,13,17-18H,11-12H2,1H3/t13-,17+,18-/m0/s1. The molecule has 9 heteroatoms. The zero-order valence-corrected chi connectivity index (χ0v) is 17.2. The summed E-state index contributed by atoms with van der Waals surface area (Å²) < 4.78 is 43.2. The Bertz CT molecular complexity index is 1040. The number of hydrogen-bond acceptors (Lipinski definition) is 5. The number of anilines is 1. The topological polar surface area (TPSA) is 76.0 Å². The van der Waals surface area contributed by atoms with Gasteiger partial charge in [-0.15, -0.1) is 0 Å². The predicted molar refractivity (Wildman–Crippen MR) is 112 cm³/mol. The number of rotatable bonds is 4. The van der Waals surface area contributed by atoms with Crippen LogP contribution in [0.1, 0.15) is 6.92 Å². The van der Waals surface area contributed by atoms with Gasteiger partial charge in [0.1, 0.15) is 11.6 Å². The third-order valence-corrected chi connectivity index (χ3v) is 7.99. The Morgan fingerprint density at radius 2 is 1.86 bits per heavy atom. The van der Waals surface area contributed by atoms with Crippen molar-refractivity contribution in [1.82, 2.24) is 0 Å². The fourth-order valence-electron chi connectivity index (χ4n) is 3.41. The monoisotopic (exact) mass is 434 g/mol. The maximum Gasteiger partial charge on any atom is 0.288 e. The number of benzene rings is 2. The normalized spacial score (nSPS) is 25.0. The molecular formula is C20H19FN2O4S2. The summed E-state index contributed by atoms with van der Waals surface area (Å²) in [6.45, 7) is 1.62. The molecule has 0 spiro atoms. The lowest BCUT2D eigenvalue weighted by molar-refractivity contribution is -0.123. The molecule has 6 nitrogen and oxygen atoms in total. The molecule has 2 aliphatic heterocycles. The highest BCUT2D eigenvalue weighted by molar-refractivity contribution is 8.16. The number of amides is 1. The molecule has 0 N–H and O–H groups in total. The Kier molecular flexibility index (Phi) is 5.35. The van der Waals surface area contributed by atoms with E-state index in [2.05, 4.69) is 4.99 Å². The minimum absolute atomic E-state index is 0.0225. The molecule has 0 radical (unpaired) electrons. The van der Waals surface area contributed by atoms with Crippen LogP contribution in [-0.4, -0.2) is 48.4 Å². The number of halogens is 1. The van der Waals surface area contributed by atoms with Crippen LogP contribution < -0.4 is 9.64 Å². The van der Waals surface area contributed by atoms with E-state index in [4.69, 9.17) is 4.74 Å². The van der Waals surface area contributed by atoms with Crippen LogP contribution in [0.4, 0.5) is 10.1 Å². The van der Waals surface area contributed by atoms with E-state index < -0.39 is 27.7 Å². The van der Waals surface area contributed by atoms with E-state index in [1.807, 2.05) is 18.2 Å². The number of para-hydroxylation sites is 1. The molecule has 2 fully saturated rings. The Morgan fingerprint density at radius 3 is 2.55 bits per heavy atom. The van der Waals surface area contributed by atoms with Crippen LogP contribution in [0.25, 0.3) is 0 Å². The lowest BCUT2D eigenvalue weighted by Gasteiger charge is -2.24. The maximum absolute atomic E-state index is 13.4. The summed E-state index contributed by atoms with van der Waals surface area (Å²) in [5.74, 6) is -0.290. The van der Waals surface area contributed by atoms with E-state index in [1.54, 1.807) is 36.1 Å². The number of thioether (sulfide) groups is 1. The van der Waals surface area contributed by atoms with Gasteiger partial charge in [0.25, 0.3) is 5.91 Å². The molecule has 4 rings (SSSR count). The minimum Gasteiger partial charge on any atom is -0.481 e. The van der Waals surface area contributed by atoms with E-state index in [0.29, 0.717) is 16.6 Å². The van der Waals surface area contributed by atoms with Crippen molar-refractivity contribution in [3.05, 3.63) is 60.4 Å². The smallest absolute Gasteiger partial charge is 0.288 e. The van der Waals surface area contributed by atoms with Gasteiger partial charge < -0.3 is 9.64 Å². The lowest BCUT2D eigenvalue weighted by atomic mass is 10.2. The number of carbonyl (C=O) groups is 1. The summed E-state index contributed by atoms with van der Waals surface area (Å²) in [4.78, 5) is 18.6. The van der Waals surface area contributed by atoms with Gasteiger partial charge in [-0.2, -0.15) is 4.99 Å². The largest absolute Gasteiger partial charge is 0.481 e. The molecule has 0 bridgehead atoms. The zero-order chi connectivity index (χ0) is 20.6. The highest BCUT2D eigenvalue weighted by Gasteiger charge is 2.49. The molecule has 2 aromatic rings. The van der Waals surface area contributed by atoms with Gasteiger partial charge in [-0.05, 0) is 43.3 Å². The summed E-state index contributed by atoms with van der Waals surface area (Å²) in [7, 11) is -3.16. The molecule has 2 aliphatic rings. The second kappa shape index (κ2) is 7.79. The molecular weight excluding hydrogens is 415 g/mol. The SMILES string of the molecule is C[C@H](Oc1ccccc1)C(=O)N=C1S[C@H]2CS(=O)(=O)C[C@H]2N1c1ccc(F)cc1. The van der Waals surface area contributed by atoms with E-state index >= 15 is 0 Å². The highest BCUT2D eigenvalue weighted by atomic mass is 32.2. The summed E-state index contributed by atoms with van der Waals surface area (Å²) in [5.41, 5.74) is 0.603. The second-order valence-corrected chi connectivity index (χ2v) is 10.3. The van der Waals surface area contributed by atoms with Crippen LogP contribution in [0.2, 0.25) is 0 Å². The third-order valence-electron chi connectivity index (χ3n) is 4.78. The van der Waals surface area contributed by atoms with Gasteiger partial charge in [-0.3, -0.25) is 4.79 Å². The Labute approximate surface area is 172 Å². The van der Waals surface area contributed by atoms with Crippen LogP contribution in [0.5, 0.6) is 5.75 Å². The van der Waals surface area contributed by atoms with Gasteiger partial charge in [0.2, 0.25) is 0 Å². The molecule has 3 atom stereocenters. The Hall–Kier alpha value is -2.39. The minimum atomic E-state index is -3.16. The second-order valence-electron chi connectivity index (χ2n) is 6.95. The number of hydrogen-bond donors (Lipinski definition) is 0. The van der Waals surface area contributed by atoms with Crippen molar-refractivity contribution >= 4 is 38.4 Å². The first-order valence-electron chi connectivity index (χ1n) is 9.08. The molecule has 29 heavy (non-hydrogen) atoms. The highest BCUT2D eigenvalue weighted by Crippen LogP contribution is 2.41. The lowest BCUT2D eigenvalue weighted by Crippen LogP contribution is -2.38. The van der Waals surface area contributed by atoms with Crippen molar-refractivity contribution in [3.8, 4) is 5.75 Å². The third kappa shape index (κ3) is 4.30. The first-order valence-corrected chi connectivity index (χ1v) is 11.8. The number of ether oxygens (including phenoxy) is 1. The number of nitrogens with zero attached hydrogens (tertiary/aromatic N) is 2. The average Bonchev–Trinajstić information content (AvgIpc) is 3.14. The fraction of sp³-hybridized carbons (Fsp3) is 0.300. The van der Waals surface area contributed by atoms with Gasteiger partial charge >= 0.3 is 0 Å². The van der Waals surface area contributed by atoms with Crippen molar-refractivity contribution in [1.29, 1.82) is 0 Å². The first kappa shape index (κ1) is 19.9. The number of fused-ring (bicyclic) bond motifs is 1. The summed E-state index contributed by atoms with van der Waals surface area (Å²) in [6.07, 6.45) is -0.801. The van der Waals surface area contributed by atoms with E-state index in [9.17, 15) is 17.6 Å². The molecule has 0 saturated carbocycles. The van der Waals surface area contributed by atoms with Crippen molar-refractivity contribution in [2.45, 2.75) is 24.3 Å². The molecule has 1 amide bonds. The van der Waals surface area contributed by atoms with Crippen molar-refractivity contribution in [2.75, 3.05) is 16.4 Å². The van der Waals surface area contributed by atoms with Crippen molar-refractivity contribution in [2.24, 2.45) is 4.99 Å². The van der Waals surface area contributed by atoms with Crippen LogP contribution in [0.3, 0.4) is 0 Å². The molecule has 0 aliphatic carbocycles.